The summed E-state index contributed by atoms with van der Waals surface area (Å²) in [5.74, 6) is -1.19. The van der Waals surface area contributed by atoms with E-state index in [9.17, 15) is 13.6 Å². The molecule has 2 aliphatic heterocycles. The van der Waals surface area contributed by atoms with Crippen molar-refractivity contribution in [3.8, 4) is 0 Å². The second-order valence-corrected chi connectivity index (χ2v) is 6.70. The lowest BCUT2D eigenvalue weighted by molar-refractivity contribution is -0.0342. The summed E-state index contributed by atoms with van der Waals surface area (Å²) in [5, 5.41) is 0. The minimum absolute atomic E-state index is 0.0216. The van der Waals surface area contributed by atoms with Crippen LogP contribution in [0, 0.1) is 11.6 Å². The minimum atomic E-state index is -0.597. The lowest BCUT2D eigenvalue weighted by atomic mass is 9.89. The molecule has 0 radical (unpaired) electrons. The highest BCUT2D eigenvalue weighted by Gasteiger charge is 2.39. The average molecular weight is 371 g/mol. The number of rotatable bonds is 3. The Bertz CT molecular complexity index is 849. The van der Waals surface area contributed by atoms with Crippen LogP contribution in [0.15, 0.2) is 54.6 Å². The molecule has 140 valence electrons. The maximum Gasteiger partial charge on any atom is 0.411 e. The van der Waals surface area contributed by atoms with Crippen LogP contribution >= 0.6 is 0 Å². The van der Waals surface area contributed by atoms with E-state index in [-0.39, 0.29) is 24.8 Å². The molecule has 27 heavy (non-hydrogen) atoms. The van der Waals surface area contributed by atoms with Gasteiger partial charge in [0.05, 0.1) is 25.3 Å². The van der Waals surface area contributed by atoms with Crippen LogP contribution < -0.4 is 0 Å². The second kappa shape index (κ2) is 7.48. The van der Waals surface area contributed by atoms with E-state index >= 15 is 0 Å². The number of carbonyl (C=O) groups excluding carboxylic acids is 1. The maximum absolute atomic E-state index is 14.2. The van der Waals surface area contributed by atoms with Crippen molar-refractivity contribution in [3.05, 3.63) is 77.4 Å². The molecule has 2 aromatic carbocycles. The van der Waals surface area contributed by atoms with Gasteiger partial charge in [-0.05, 0) is 29.7 Å². The largest absolute Gasteiger partial charge is 0.445 e. The number of carbonyl (C=O) groups is 1. The topological polar surface area (TPSA) is 38.8 Å². The smallest absolute Gasteiger partial charge is 0.411 e. The van der Waals surface area contributed by atoms with Crippen LogP contribution in [0.1, 0.15) is 17.5 Å². The van der Waals surface area contributed by atoms with Gasteiger partial charge in [0.25, 0.3) is 0 Å². The number of halogens is 2. The molecule has 2 unspecified atom stereocenters. The molecule has 6 heteroatoms. The van der Waals surface area contributed by atoms with E-state index in [1.54, 1.807) is 11.0 Å². The van der Waals surface area contributed by atoms with Crippen molar-refractivity contribution < 1.29 is 23.0 Å². The van der Waals surface area contributed by atoms with E-state index in [0.717, 1.165) is 5.56 Å². The Morgan fingerprint density at radius 3 is 2.52 bits per heavy atom. The van der Waals surface area contributed by atoms with Crippen LogP contribution in [0.2, 0.25) is 0 Å². The van der Waals surface area contributed by atoms with E-state index in [1.807, 2.05) is 30.3 Å². The molecule has 0 N–H and O–H groups in total. The second-order valence-electron chi connectivity index (χ2n) is 6.70. The molecule has 2 aromatic rings. The number of hydrogen-bond acceptors (Lipinski definition) is 3. The van der Waals surface area contributed by atoms with Gasteiger partial charge in [-0.1, -0.05) is 42.5 Å². The predicted molar refractivity (Wildman–Crippen MR) is 95.8 cm³/mol. The van der Waals surface area contributed by atoms with Gasteiger partial charge in [-0.15, -0.1) is 0 Å². The Labute approximate surface area is 156 Å². The molecular weight excluding hydrogens is 352 g/mol. The predicted octanol–water partition coefficient (Wildman–Crippen LogP) is 4.16. The molecule has 2 atom stereocenters. The first-order chi connectivity index (χ1) is 13.1. The molecule has 0 saturated carbocycles. The quantitative estimate of drug-likeness (QED) is 0.813. The Hall–Kier alpha value is -2.73. The molecular formula is C21H19F2NO3. The van der Waals surface area contributed by atoms with Gasteiger partial charge in [-0.25, -0.2) is 13.6 Å². The number of benzene rings is 2. The number of ether oxygens (including phenoxy) is 2. The molecule has 1 amide bonds. The molecule has 2 bridgehead atoms. The van der Waals surface area contributed by atoms with E-state index in [1.165, 1.54) is 18.2 Å². The van der Waals surface area contributed by atoms with Crippen LogP contribution in [0.5, 0.6) is 0 Å². The maximum atomic E-state index is 14.2. The summed E-state index contributed by atoms with van der Waals surface area (Å²) in [6.45, 7) is 0.760. The molecule has 4 rings (SSSR count). The van der Waals surface area contributed by atoms with Crippen molar-refractivity contribution in [2.24, 2.45) is 0 Å². The zero-order chi connectivity index (χ0) is 18.8. The molecule has 1 fully saturated rings. The van der Waals surface area contributed by atoms with Gasteiger partial charge in [0, 0.05) is 5.56 Å². The van der Waals surface area contributed by atoms with Crippen LogP contribution in [0.3, 0.4) is 0 Å². The van der Waals surface area contributed by atoms with Crippen molar-refractivity contribution >= 4 is 11.7 Å². The van der Waals surface area contributed by atoms with Gasteiger partial charge in [0.15, 0.2) is 0 Å². The third-order valence-electron chi connectivity index (χ3n) is 4.90. The van der Waals surface area contributed by atoms with Crippen LogP contribution in [0.25, 0.3) is 5.57 Å². The fourth-order valence-corrected chi connectivity index (χ4v) is 3.66. The van der Waals surface area contributed by atoms with Gasteiger partial charge in [0.1, 0.15) is 18.2 Å². The summed E-state index contributed by atoms with van der Waals surface area (Å²) in [6, 6.07) is 12.5. The highest BCUT2D eigenvalue weighted by molar-refractivity contribution is 5.75. The lowest BCUT2D eigenvalue weighted by Crippen LogP contribution is -2.56. The molecule has 2 aliphatic rings. The molecule has 0 aromatic heterocycles. The standard InChI is InChI=1S/C21H19F2NO3/c22-18-7-4-8-19(23)20(18)15-9-16-12-26-13-17(10-15)24(16)21(25)27-11-14-5-2-1-3-6-14/h1-9,16-17H,10-13H2. The first kappa shape index (κ1) is 17.7. The molecule has 0 aliphatic carbocycles. The van der Waals surface area contributed by atoms with E-state index < -0.39 is 23.8 Å². The Morgan fingerprint density at radius 2 is 1.81 bits per heavy atom. The van der Waals surface area contributed by atoms with Gasteiger partial charge in [-0.3, -0.25) is 4.90 Å². The van der Waals surface area contributed by atoms with Crippen molar-refractivity contribution in [1.29, 1.82) is 0 Å². The van der Waals surface area contributed by atoms with Crippen molar-refractivity contribution in [2.45, 2.75) is 25.1 Å². The number of morpholine rings is 1. The first-order valence-corrected chi connectivity index (χ1v) is 8.85. The summed E-state index contributed by atoms with van der Waals surface area (Å²) in [6.07, 6.45) is 1.58. The lowest BCUT2D eigenvalue weighted by Gasteiger charge is -2.43. The highest BCUT2D eigenvalue weighted by Crippen LogP contribution is 2.35. The van der Waals surface area contributed by atoms with Crippen molar-refractivity contribution in [2.75, 3.05) is 13.2 Å². The fraction of sp³-hybridized carbons (Fsp3) is 0.286. The number of hydrogen-bond donors (Lipinski definition) is 0. The van der Waals surface area contributed by atoms with Crippen LogP contribution in [-0.2, 0) is 16.1 Å². The monoisotopic (exact) mass is 371 g/mol. The van der Waals surface area contributed by atoms with Gasteiger partial charge < -0.3 is 9.47 Å². The third-order valence-corrected chi connectivity index (χ3v) is 4.90. The van der Waals surface area contributed by atoms with E-state index in [4.69, 9.17) is 9.47 Å². The summed E-state index contributed by atoms with van der Waals surface area (Å²) in [4.78, 5) is 14.3. The SMILES string of the molecule is O=C(OCc1ccccc1)N1C2C=C(c3c(F)cccc3F)CC1COC2. The number of nitrogens with zero attached hydrogens (tertiary/aromatic N) is 1. The minimum Gasteiger partial charge on any atom is -0.445 e. The molecule has 0 spiro atoms. The van der Waals surface area contributed by atoms with E-state index in [2.05, 4.69) is 0 Å². The summed E-state index contributed by atoms with van der Waals surface area (Å²) in [7, 11) is 0. The van der Waals surface area contributed by atoms with Crippen molar-refractivity contribution in [1.82, 2.24) is 4.90 Å². The highest BCUT2D eigenvalue weighted by atomic mass is 19.1. The first-order valence-electron chi connectivity index (χ1n) is 8.85. The Balaban J connectivity index is 1.54. The molecule has 4 nitrogen and oxygen atoms in total. The zero-order valence-electron chi connectivity index (χ0n) is 14.6. The molecule has 1 saturated heterocycles. The van der Waals surface area contributed by atoms with Gasteiger partial charge >= 0.3 is 6.09 Å². The third kappa shape index (κ3) is 3.57. The van der Waals surface area contributed by atoms with Gasteiger partial charge in [0.2, 0.25) is 0 Å². The zero-order valence-corrected chi connectivity index (χ0v) is 14.6. The number of fused-ring (bicyclic) bond motifs is 2. The number of amides is 1. The van der Waals surface area contributed by atoms with Gasteiger partial charge in [-0.2, -0.15) is 0 Å². The average Bonchev–Trinajstić information content (AvgIpc) is 2.66. The summed E-state index contributed by atoms with van der Waals surface area (Å²) in [5.41, 5.74) is 1.44. The van der Waals surface area contributed by atoms with Crippen LogP contribution in [-0.4, -0.2) is 36.3 Å². The molecule has 2 heterocycles. The Kier molecular flexibility index (Phi) is 4.90. The summed E-state index contributed by atoms with van der Waals surface area (Å²) < 4.78 is 39.3. The normalized spacial score (nSPS) is 21.6. The van der Waals surface area contributed by atoms with E-state index in [0.29, 0.717) is 18.6 Å². The fourth-order valence-electron chi connectivity index (χ4n) is 3.66. The van der Waals surface area contributed by atoms with Crippen molar-refractivity contribution in [3.63, 3.8) is 0 Å². The summed E-state index contributed by atoms with van der Waals surface area (Å²) >= 11 is 0. The Morgan fingerprint density at radius 1 is 1.07 bits per heavy atom. The van der Waals surface area contributed by atoms with Crippen LogP contribution in [0.4, 0.5) is 13.6 Å².